The number of carboxylic acid groups (broad SMARTS) is 1. The Balaban J connectivity index is 1.54. The summed E-state index contributed by atoms with van der Waals surface area (Å²) in [5, 5.41) is 27.8. The van der Waals surface area contributed by atoms with Crippen LogP contribution in [0.5, 0.6) is 5.75 Å². The number of imidazole rings is 1. The van der Waals surface area contributed by atoms with Crippen molar-refractivity contribution in [2.24, 2.45) is 11.5 Å². The summed E-state index contributed by atoms with van der Waals surface area (Å²) >= 11 is 0. The Kier molecular flexibility index (Phi) is 11.1. The third-order valence-corrected chi connectivity index (χ3v) is 7.37. The molecule has 15 heteroatoms. The van der Waals surface area contributed by atoms with Crippen molar-refractivity contribution in [3.05, 3.63) is 84.1 Å². The number of amides is 4. The third-order valence-electron chi connectivity index (χ3n) is 7.37. The lowest BCUT2D eigenvalue weighted by molar-refractivity contribution is -0.142. The summed E-state index contributed by atoms with van der Waals surface area (Å²) in [4.78, 5) is 73.7. The highest BCUT2D eigenvalue weighted by atomic mass is 16.4. The molecule has 15 nitrogen and oxygen atoms in total. The Labute approximate surface area is 263 Å². The molecule has 0 spiro atoms. The van der Waals surface area contributed by atoms with Crippen LogP contribution in [0.4, 0.5) is 0 Å². The molecular weight excluding hydrogens is 596 g/mol. The number of aromatic amines is 2. The van der Waals surface area contributed by atoms with E-state index >= 15 is 0 Å². The van der Waals surface area contributed by atoms with Crippen LogP contribution in [0.25, 0.3) is 10.9 Å². The summed E-state index contributed by atoms with van der Waals surface area (Å²) in [7, 11) is 0. The van der Waals surface area contributed by atoms with Gasteiger partial charge in [0.05, 0.1) is 12.4 Å². The van der Waals surface area contributed by atoms with Crippen molar-refractivity contribution >= 4 is 40.5 Å². The maximum atomic E-state index is 13.6. The number of carbonyl (C=O) groups is 5. The van der Waals surface area contributed by atoms with Gasteiger partial charge in [-0.3, -0.25) is 19.2 Å². The summed E-state index contributed by atoms with van der Waals surface area (Å²) < 4.78 is 0. The first-order valence-corrected chi connectivity index (χ1v) is 14.5. The van der Waals surface area contributed by atoms with Gasteiger partial charge >= 0.3 is 5.97 Å². The minimum absolute atomic E-state index is 0.0329. The monoisotopic (exact) mass is 632 g/mol. The van der Waals surface area contributed by atoms with Crippen LogP contribution in [-0.2, 0) is 43.2 Å². The molecule has 46 heavy (non-hydrogen) atoms. The van der Waals surface area contributed by atoms with Crippen LogP contribution >= 0.6 is 0 Å². The first kappa shape index (κ1) is 33.2. The number of aromatic hydroxyl groups is 1. The van der Waals surface area contributed by atoms with E-state index in [0.717, 1.165) is 10.9 Å². The second-order valence-electron chi connectivity index (χ2n) is 10.8. The molecule has 2 heterocycles. The molecule has 4 unspecified atom stereocenters. The number of carboxylic acids is 1. The minimum atomic E-state index is -1.35. The summed E-state index contributed by atoms with van der Waals surface area (Å²) in [5.74, 6) is -4.24. The van der Waals surface area contributed by atoms with Gasteiger partial charge in [0, 0.05) is 48.3 Å². The second-order valence-corrected chi connectivity index (χ2v) is 10.8. The fourth-order valence-electron chi connectivity index (χ4n) is 4.90. The van der Waals surface area contributed by atoms with Crippen LogP contribution in [0, 0.1) is 0 Å². The Morgan fingerprint density at radius 2 is 1.50 bits per heavy atom. The van der Waals surface area contributed by atoms with Gasteiger partial charge in [-0.25, -0.2) is 9.78 Å². The van der Waals surface area contributed by atoms with Crippen LogP contribution in [-0.4, -0.2) is 78.9 Å². The molecule has 2 aromatic heterocycles. The highest BCUT2D eigenvalue weighted by molar-refractivity contribution is 5.95. The Bertz CT molecular complexity index is 1670. The van der Waals surface area contributed by atoms with Crippen molar-refractivity contribution in [2.45, 2.75) is 56.3 Å². The quantitative estimate of drug-likeness (QED) is 0.0788. The van der Waals surface area contributed by atoms with Crippen LogP contribution in [0.15, 0.2) is 67.3 Å². The molecule has 4 aromatic rings. The predicted octanol–water partition coefficient (Wildman–Crippen LogP) is -0.244. The van der Waals surface area contributed by atoms with Crippen LogP contribution in [0.3, 0.4) is 0 Å². The average Bonchev–Trinajstić information content (AvgIpc) is 3.69. The SMILES string of the molecule is NC(=O)CCC(NC(=O)C(N)Cc1ccc(O)cc1)C(=O)NC(Cc1c[nH]c2ccccc12)C(=O)NC(Cc1cnc[nH]1)C(=O)O. The summed E-state index contributed by atoms with van der Waals surface area (Å²) in [6, 6.07) is 8.41. The highest BCUT2D eigenvalue weighted by Gasteiger charge is 2.31. The fraction of sp³-hybridized carbons (Fsp3) is 0.290. The van der Waals surface area contributed by atoms with Crippen LogP contribution in [0.1, 0.15) is 29.7 Å². The number of hydrogen-bond donors (Lipinski definition) is 9. The topological polar surface area (TPSA) is 258 Å². The Hall–Kier alpha value is -5.70. The number of fused-ring (bicyclic) bond motifs is 1. The molecule has 0 aliphatic carbocycles. The van der Waals surface area contributed by atoms with Crippen molar-refractivity contribution in [3.63, 3.8) is 0 Å². The molecule has 0 saturated carbocycles. The van der Waals surface area contributed by atoms with Gasteiger partial charge in [-0.15, -0.1) is 0 Å². The molecule has 242 valence electrons. The number of hydrogen-bond acceptors (Lipinski definition) is 8. The lowest BCUT2D eigenvalue weighted by Crippen LogP contribution is -2.58. The summed E-state index contributed by atoms with van der Waals surface area (Å²) in [5.41, 5.74) is 14.0. The number of carbonyl (C=O) groups excluding carboxylic acids is 4. The molecule has 2 aromatic carbocycles. The molecular formula is C31H36N8O7. The van der Waals surface area contributed by atoms with E-state index in [2.05, 4.69) is 30.9 Å². The van der Waals surface area contributed by atoms with E-state index in [1.165, 1.54) is 24.7 Å². The number of nitrogens with two attached hydrogens (primary N) is 2. The number of rotatable bonds is 16. The molecule has 0 bridgehead atoms. The van der Waals surface area contributed by atoms with Crippen LogP contribution in [0.2, 0.25) is 0 Å². The molecule has 0 aliphatic heterocycles. The van der Waals surface area contributed by atoms with Crippen LogP contribution < -0.4 is 27.4 Å². The smallest absolute Gasteiger partial charge is 0.326 e. The van der Waals surface area contributed by atoms with E-state index in [1.54, 1.807) is 18.3 Å². The van der Waals surface area contributed by atoms with Gasteiger partial charge in [0.1, 0.15) is 23.9 Å². The maximum absolute atomic E-state index is 13.6. The summed E-state index contributed by atoms with van der Waals surface area (Å²) in [6.45, 7) is 0. The van der Waals surface area contributed by atoms with Gasteiger partial charge in [0.25, 0.3) is 0 Å². The zero-order chi connectivity index (χ0) is 33.2. The minimum Gasteiger partial charge on any atom is -0.508 e. The van der Waals surface area contributed by atoms with Gasteiger partial charge in [0.15, 0.2) is 0 Å². The molecule has 4 atom stereocenters. The number of primary amides is 1. The van der Waals surface area contributed by atoms with Gasteiger partial charge in [0.2, 0.25) is 23.6 Å². The third kappa shape index (κ3) is 9.15. The number of aliphatic carboxylic acids is 1. The van der Waals surface area contributed by atoms with Crippen molar-refractivity contribution in [1.29, 1.82) is 0 Å². The number of aromatic nitrogens is 3. The largest absolute Gasteiger partial charge is 0.508 e. The predicted molar refractivity (Wildman–Crippen MR) is 166 cm³/mol. The molecule has 4 rings (SSSR count). The number of phenols is 1. The zero-order valence-corrected chi connectivity index (χ0v) is 24.7. The van der Waals surface area contributed by atoms with Gasteiger partial charge in [-0.2, -0.15) is 0 Å². The molecule has 11 N–H and O–H groups in total. The molecule has 0 fully saturated rings. The van der Waals surface area contributed by atoms with Crippen molar-refractivity contribution in [2.75, 3.05) is 0 Å². The number of nitrogens with zero attached hydrogens (tertiary/aromatic N) is 1. The van der Waals surface area contributed by atoms with Gasteiger partial charge in [-0.05, 0) is 42.2 Å². The van der Waals surface area contributed by atoms with E-state index < -0.39 is 53.8 Å². The number of phenolic OH excluding ortho intramolecular Hbond substituents is 1. The van der Waals surface area contributed by atoms with E-state index in [4.69, 9.17) is 11.5 Å². The van der Waals surface area contributed by atoms with Crippen molar-refractivity contribution in [1.82, 2.24) is 30.9 Å². The average molecular weight is 633 g/mol. The lowest BCUT2D eigenvalue weighted by atomic mass is 10.0. The lowest BCUT2D eigenvalue weighted by Gasteiger charge is -2.25. The van der Waals surface area contributed by atoms with Crippen molar-refractivity contribution < 1.29 is 34.2 Å². The molecule has 0 radical (unpaired) electrons. The molecule has 0 saturated heterocycles. The number of H-pyrrole nitrogens is 2. The number of nitrogens with one attached hydrogen (secondary N) is 5. The second kappa shape index (κ2) is 15.3. The van der Waals surface area contributed by atoms with E-state index in [1.807, 2.05) is 24.3 Å². The number of benzene rings is 2. The van der Waals surface area contributed by atoms with Gasteiger partial charge < -0.3 is 47.6 Å². The normalized spacial score (nSPS) is 13.7. The zero-order valence-electron chi connectivity index (χ0n) is 24.7. The highest BCUT2D eigenvalue weighted by Crippen LogP contribution is 2.19. The summed E-state index contributed by atoms with van der Waals surface area (Å²) in [6.07, 6.45) is 4.03. The Morgan fingerprint density at radius 1 is 0.826 bits per heavy atom. The van der Waals surface area contributed by atoms with E-state index in [9.17, 15) is 34.2 Å². The van der Waals surface area contributed by atoms with Crippen molar-refractivity contribution in [3.8, 4) is 5.75 Å². The van der Waals surface area contributed by atoms with E-state index in [0.29, 0.717) is 16.8 Å². The molecule has 4 amide bonds. The standard InChI is InChI=1S/C31H36N8O7/c32-22(11-17-5-7-20(40)8-6-17)28(42)37-24(9-10-27(33)41)29(43)38-25(12-18-14-35-23-4-2-1-3-21(18)23)30(44)39-26(31(45)46)13-19-15-34-16-36-19/h1-8,14-16,22,24-26,35,40H,9-13,32H2,(H2,33,41)(H,34,36)(H,37,42)(H,38,43)(H,39,44)(H,45,46). The fourth-order valence-corrected chi connectivity index (χ4v) is 4.90. The Morgan fingerprint density at radius 3 is 2.17 bits per heavy atom. The molecule has 0 aliphatic rings. The first-order chi connectivity index (χ1) is 22.0. The van der Waals surface area contributed by atoms with E-state index in [-0.39, 0.29) is 37.9 Å². The first-order valence-electron chi connectivity index (χ1n) is 14.5. The number of para-hydroxylation sites is 1. The maximum Gasteiger partial charge on any atom is 0.326 e. The van der Waals surface area contributed by atoms with Gasteiger partial charge in [-0.1, -0.05) is 30.3 Å².